The fraction of sp³-hybridized carbons (Fsp3) is 0.455. The number of allylic oxidation sites excluding steroid dienone is 2. The molecular weight excluding hydrogens is 391 g/mol. The Bertz CT molecular complexity index is 923. The molecule has 1 aliphatic heterocycles. The number of imide groups is 1. The van der Waals surface area contributed by atoms with E-state index in [9.17, 15) is 23.6 Å². The molecule has 1 aromatic rings. The summed E-state index contributed by atoms with van der Waals surface area (Å²) < 4.78 is 17.8. The van der Waals surface area contributed by atoms with Crippen molar-refractivity contribution in [3.05, 3.63) is 42.2 Å². The first-order valence-corrected chi connectivity index (χ1v) is 10.2. The molecule has 2 bridgehead atoms. The Hall–Kier alpha value is -3.03. The summed E-state index contributed by atoms with van der Waals surface area (Å²) in [7, 11) is 0. The average Bonchev–Trinajstić information content (AvgIpc) is 3.52. The van der Waals surface area contributed by atoms with Crippen LogP contribution in [0.15, 0.2) is 36.4 Å². The van der Waals surface area contributed by atoms with E-state index in [1.807, 2.05) is 0 Å². The van der Waals surface area contributed by atoms with Gasteiger partial charge in [0.15, 0.2) is 6.61 Å². The summed E-state index contributed by atoms with van der Waals surface area (Å²) in [6.07, 6.45) is 5.14. The van der Waals surface area contributed by atoms with Crippen molar-refractivity contribution >= 4 is 29.4 Å². The third-order valence-electron chi connectivity index (χ3n) is 6.79. The molecule has 3 fully saturated rings. The number of halogens is 1. The third kappa shape index (κ3) is 3.11. The number of nitrogens with one attached hydrogen (secondary N) is 1. The van der Waals surface area contributed by atoms with Crippen LogP contribution in [-0.4, -0.2) is 41.7 Å². The molecule has 1 heterocycles. The molecule has 0 aromatic heterocycles. The highest BCUT2D eigenvalue weighted by Gasteiger charge is 2.66. The molecule has 1 aromatic carbocycles. The second-order valence-electron chi connectivity index (χ2n) is 8.45. The van der Waals surface area contributed by atoms with Crippen molar-refractivity contribution in [2.75, 3.05) is 18.5 Å². The number of rotatable bonds is 6. The Morgan fingerprint density at radius 2 is 1.63 bits per heavy atom. The Balaban J connectivity index is 1.11. The molecule has 6 rings (SSSR count). The molecule has 8 heteroatoms. The van der Waals surface area contributed by atoms with Crippen LogP contribution in [0.2, 0.25) is 0 Å². The van der Waals surface area contributed by atoms with Crippen LogP contribution in [-0.2, 0) is 23.9 Å². The topological polar surface area (TPSA) is 92.8 Å². The van der Waals surface area contributed by atoms with Gasteiger partial charge in [-0.1, -0.05) is 12.2 Å². The number of nitrogens with zero attached hydrogens (tertiary/aromatic N) is 1. The van der Waals surface area contributed by atoms with Gasteiger partial charge in [-0.25, -0.2) is 4.39 Å². The molecule has 30 heavy (non-hydrogen) atoms. The second-order valence-corrected chi connectivity index (χ2v) is 8.45. The Morgan fingerprint density at radius 3 is 2.23 bits per heavy atom. The molecule has 0 unspecified atom stereocenters. The van der Waals surface area contributed by atoms with Crippen LogP contribution in [0.25, 0.3) is 0 Å². The Labute approximate surface area is 172 Å². The van der Waals surface area contributed by atoms with Crippen LogP contribution >= 0.6 is 0 Å². The predicted octanol–water partition coefficient (Wildman–Crippen LogP) is 1.75. The van der Waals surface area contributed by atoms with E-state index in [0.29, 0.717) is 17.5 Å². The van der Waals surface area contributed by atoms with E-state index in [1.54, 1.807) is 0 Å². The molecule has 2 saturated carbocycles. The van der Waals surface area contributed by atoms with E-state index in [-0.39, 0.29) is 48.5 Å². The molecule has 5 aliphatic rings. The predicted molar refractivity (Wildman–Crippen MR) is 102 cm³/mol. The van der Waals surface area contributed by atoms with Crippen LogP contribution in [0, 0.1) is 41.3 Å². The number of anilines is 1. The maximum atomic E-state index is 12.9. The number of amides is 3. The SMILES string of the molecule is O=C(COC(=O)CCN1C(=O)[C@@H]2[C@H]3C=C[C@@H]([C@@H]4C[C@H]34)[C@@H]2C1=O)Nc1ccc(F)cc1. The normalized spacial score (nSPS) is 32.6. The maximum absolute atomic E-state index is 12.9. The molecule has 7 nitrogen and oxygen atoms in total. The van der Waals surface area contributed by atoms with Crippen molar-refractivity contribution in [2.45, 2.75) is 12.8 Å². The van der Waals surface area contributed by atoms with Gasteiger partial charge in [-0.05, 0) is 54.4 Å². The Kier molecular flexibility index (Phi) is 4.45. The van der Waals surface area contributed by atoms with Crippen molar-refractivity contribution in [3.8, 4) is 0 Å². The van der Waals surface area contributed by atoms with E-state index >= 15 is 0 Å². The van der Waals surface area contributed by atoms with Gasteiger partial charge >= 0.3 is 5.97 Å². The van der Waals surface area contributed by atoms with Gasteiger partial charge in [0.2, 0.25) is 11.8 Å². The average molecular weight is 412 g/mol. The number of carbonyl (C=O) groups is 4. The highest BCUT2D eigenvalue weighted by Crippen LogP contribution is 2.65. The minimum atomic E-state index is -0.663. The van der Waals surface area contributed by atoms with Crippen molar-refractivity contribution in [1.82, 2.24) is 4.90 Å². The number of hydrogen-bond donors (Lipinski definition) is 1. The molecule has 3 amide bonds. The summed E-state index contributed by atoms with van der Waals surface area (Å²) in [5.41, 5.74) is 0.384. The van der Waals surface area contributed by atoms with Gasteiger partial charge in [0, 0.05) is 12.2 Å². The van der Waals surface area contributed by atoms with Crippen LogP contribution in [0.3, 0.4) is 0 Å². The standard InChI is InChI=1S/C22H21FN2O5/c23-11-1-3-12(4-2-11)24-17(26)10-30-18(27)7-8-25-21(28)19-13-5-6-14(16-9-15(13)16)20(19)22(25)29/h1-6,13-16,19-20H,7-10H2,(H,24,26)/t13-,14-,15-,16+,19-,20+/m0/s1. The smallest absolute Gasteiger partial charge is 0.308 e. The van der Waals surface area contributed by atoms with Crippen LogP contribution in [0.4, 0.5) is 10.1 Å². The van der Waals surface area contributed by atoms with Crippen LogP contribution < -0.4 is 5.32 Å². The first-order valence-electron chi connectivity index (χ1n) is 10.2. The number of benzene rings is 1. The number of likely N-dealkylation sites (tertiary alicyclic amines) is 1. The van der Waals surface area contributed by atoms with Gasteiger partial charge in [-0.3, -0.25) is 24.1 Å². The quantitative estimate of drug-likeness (QED) is 0.437. The Morgan fingerprint density at radius 1 is 1.03 bits per heavy atom. The number of carbonyl (C=O) groups excluding carboxylic acids is 4. The molecule has 156 valence electrons. The van der Waals surface area contributed by atoms with E-state index in [2.05, 4.69) is 17.5 Å². The van der Waals surface area contributed by atoms with Gasteiger partial charge in [-0.2, -0.15) is 0 Å². The van der Waals surface area contributed by atoms with Crippen molar-refractivity contribution in [3.63, 3.8) is 0 Å². The van der Waals surface area contributed by atoms with Crippen molar-refractivity contribution in [2.24, 2.45) is 35.5 Å². The molecule has 6 atom stereocenters. The number of hydrogen-bond acceptors (Lipinski definition) is 5. The third-order valence-corrected chi connectivity index (χ3v) is 6.79. The van der Waals surface area contributed by atoms with Gasteiger partial charge in [0.25, 0.3) is 5.91 Å². The van der Waals surface area contributed by atoms with Crippen LogP contribution in [0.5, 0.6) is 0 Å². The van der Waals surface area contributed by atoms with Crippen LogP contribution in [0.1, 0.15) is 12.8 Å². The van der Waals surface area contributed by atoms with E-state index < -0.39 is 24.3 Å². The first kappa shape index (κ1) is 19.0. The molecule has 4 aliphatic carbocycles. The zero-order chi connectivity index (χ0) is 21.0. The molecule has 0 radical (unpaired) electrons. The molecule has 1 saturated heterocycles. The van der Waals surface area contributed by atoms with Gasteiger partial charge < -0.3 is 10.1 Å². The van der Waals surface area contributed by atoms with Gasteiger partial charge in [-0.15, -0.1) is 0 Å². The number of ether oxygens (including phenoxy) is 1. The minimum Gasteiger partial charge on any atom is -0.456 e. The summed E-state index contributed by atoms with van der Waals surface area (Å²) >= 11 is 0. The fourth-order valence-electron chi connectivity index (χ4n) is 5.39. The minimum absolute atomic E-state index is 0.0299. The lowest BCUT2D eigenvalue weighted by atomic mass is 9.63. The maximum Gasteiger partial charge on any atom is 0.308 e. The summed E-state index contributed by atoms with van der Waals surface area (Å²) in [6.45, 7) is -0.529. The highest BCUT2D eigenvalue weighted by molar-refractivity contribution is 6.06. The summed E-state index contributed by atoms with van der Waals surface area (Å²) in [6, 6.07) is 5.19. The molecule has 0 spiro atoms. The molecular formula is C22H21FN2O5. The zero-order valence-corrected chi connectivity index (χ0v) is 16.1. The van der Waals surface area contributed by atoms with Gasteiger partial charge in [0.1, 0.15) is 5.82 Å². The summed E-state index contributed by atoms with van der Waals surface area (Å²) in [5, 5.41) is 2.49. The highest BCUT2D eigenvalue weighted by atomic mass is 19.1. The largest absolute Gasteiger partial charge is 0.456 e. The van der Waals surface area contributed by atoms with Crippen molar-refractivity contribution < 1.29 is 28.3 Å². The zero-order valence-electron chi connectivity index (χ0n) is 16.1. The van der Waals surface area contributed by atoms with E-state index in [4.69, 9.17) is 4.74 Å². The number of esters is 1. The van der Waals surface area contributed by atoms with Crippen molar-refractivity contribution in [1.29, 1.82) is 0 Å². The second kappa shape index (κ2) is 7.04. The molecule has 1 N–H and O–H groups in total. The van der Waals surface area contributed by atoms with Gasteiger partial charge in [0.05, 0.1) is 18.3 Å². The fourth-order valence-corrected chi connectivity index (χ4v) is 5.39. The van der Waals surface area contributed by atoms with E-state index in [0.717, 1.165) is 6.42 Å². The monoisotopic (exact) mass is 412 g/mol. The summed E-state index contributed by atoms with van der Waals surface area (Å²) in [5.74, 6) is -1.23. The summed E-state index contributed by atoms with van der Waals surface area (Å²) in [4.78, 5) is 50.7. The van der Waals surface area contributed by atoms with E-state index in [1.165, 1.54) is 29.2 Å². The lowest BCUT2D eigenvalue weighted by Crippen LogP contribution is -2.40. The lowest BCUT2D eigenvalue weighted by Gasteiger charge is -2.37. The first-order chi connectivity index (χ1) is 14.4. The lowest BCUT2D eigenvalue weighted by molar-refractivity contribution is -0.148.